The van der Waals surface area contributed by atoms with Crippen LogP contribution in [0.25, 0.3) is 17.0 Å². The first-order chi connectivity index (χ1) is 12.9. The van der Waals surface area contributed by atoms with E-state index >= 15 is 0 Å². The first kappa shape index (κ1) is 17.3. The van der Waals surface area contributed by atoms with Gasteiger partial charge in [-0.3, -0.25) is 0 Å². The number of nitrogens with zero attached hydrogens (tertiary/aromatic N) is 1. The maximum absolute atomic E-state index is 13.5. The molecule has 4 rings (SSSR count). The Hall–Kier alpha value is -3.08. The average Bonchev–Trinajstić information content (AvgIpc) is 3.25. The summed E-state index contributed by atoms with van der Waals surface area (Å²) in [6.07, 6.45) is 3.97. The molecule has 4 nitrogen and oxygen atoms in total. The molecule has 0 aliphatic carbocycles. The number of aromatic nitrogens is 2. The van der Waals surface area contributed by atoms with E-state index in [1.165, 1.54) is 12.1 Å². The van der Waals surface area contributed by atoms with Crippen molar-refractivity contribution in [1.82, 2.24) is 9.97 Å². The minimum atomic E-state index is -0.251. The number of rotatable bonds is 4. The number of aliphatic imine (C=N–C) groups is 1. The Morgan fingerprint density at radius 2 is 1.93 bits per heavy atom. The summed E-state index contributed by atoms with van der Waals surface area (Å²) < 4.78 is 19.5. The van der Waals surface area contributed by atoms with Crippen LogP contribution in [0.2, 0.25) is 0 Å². The van der Waals surface area contributed by atoms with Gasteiger partial charge in [-0.25, -0.2) is 9.38 Å². The van der Waals surface area contributed by atoms with Crippen LogP contribution in [0.5, 0.6) is 0 Å². The summed E-state index contributed by atoms with van der Waals surface area (Å²) in [6, 6.07) is 8.71. The predicted molar refractivity (Wildman–Crippen MR) is 107 cm³/mol. The van der Waals surface area contributed by atoms with Crippen LogP contribution < -0.4 is 0 Å². The highest BCUT2D eigenvalue weighted by atomic mass is 19.1. The molecule has 1 aromatic carbocycles. The molecular weight excluding hydrogens is 341 g/mol. The predicted octanol–water partition coefficient (Wildman–Crippen LogP) is 5.40. The van der Waals surface area contributed by atoms with E-state index in [-0.39, 0.29) is 11.9 Å². The van der Waals surface area contributed by atoms with Gasteiger partial charge in [-0.15, -0.1) is 0 Å². The molecule has 0 bridgehead atoms. The van der Waals surface area contributed by atoms with Crippen LogP contribution in [0.1, 0.15) is 36.5 Å². The highest BCUT2D eigenvalue weighted by Gasteiger charge is 2.20. The van der Waals surface area contributed by atoms with Gasteiger partial charge in [0.25, 0.3) is 0 Å². The van der Waals surface area contributed by atoms with Crippen molar-refractivity contribution in [2.45, 2.75) is 33.8 Å². The lowest BCUT2D eigenvalue weighted by atomic mass is 10.2. The molecule has 0 atom stereocenters. The molecule has 0 radical (unpaired) electrons. The fourth-order valence-electron chi connectivity index (χ4n) is 3.28. The highest BCUT2D eigenvalue weighted by molar-refractivity contribution is 6.13. The van der Waals surface area contributed by atoms with E-state index < -0.39 is 0 Å². The Labute approximate surface area is 157 Å². The Morgan fingerprint density at radius 3 is 2.63 bits per heavy atom. The smallest absolute Gasteiger partial charge is 0.147 e. The second-order valence-corrected chi connectivity index (χ2v) is 7.17. The van der Waals surface area contributed by atoms with E-state index in [1.807, 2.05) is 39.0 Å². The van der Waals surface area contributed by atoms with Gasteiger partial charge < -0.3 is 14.7 Å². The van der Waals surface area contributed by atoms with E-state index in [1.54, 1.807) is 6.07 Å². The molecule has 27 heavy (non-hydrogen) atoms. The van der Waals surface area contributed by atoms with E-state index in [2.05, 4.69) is 23.0 Å². The number of aromatic amines is 2. The first-order valence-electron chi connectivity index (χ1n) is 9.03. The van der Waals surface area contributed by atoms with Crippen LogP contribution in [-0.2, 0) is 4.74 Å². The number of hydrogen-bond donors (Lipinski definition) is 2. The number of H-pyrrole nitrogens is 2. The third-order valence-corrected chi connectivity index (χ3v) is 4.45. The van der Waals surface area contributed by atoms with E-state index in [4.69, 9.17) is 9.73 Å². The number of halogens is 1. The van der Waals surface area contributed by atoms with Crippen molar-refractivity contribution in [3.63, 3.8) is 0 Å². The van der Waals surface area contributed by atoms with Crippen molar-refractivity contribution in [2.24, 2.45) is 4.99 Å². The largest absolute Gasteiger partial charge is 0.489 e. The summed E-state index contributed by atoms with van der Waals surface area (Å²) in [5, 5.41) is 0.820. The van der Waals surface area contributed by atoms with Crippen LogP contribution in [0, 0.1) is 19.7 Å². The number of allylic oxidation sites excluding steroid dienone is 1. The second-order valence-electron chi connectivity index (χ2n) is 7.17. The summed E-state index contributed by atoms with van der Waals surface area (Å²) >= 11 is 0. The van der Waals surface area contributed by atoms with Gasteiger partial charge in [0, 0.05) is 28.4 Å². The van der Waals surface area contributed by atoms with Crippen molar-refractivity contribution in [1.29, 1.82) is 0 Å². The third kappa shape index (κ3) is 3.45. The molecule has 3 aromatic rings. The Bertz CT molecular complexity index is 1110. The number of benzene rings is 1. The number of nitrogens with one attached hydrogen (secondary N) is 2. The summed E-state index contributed by atoms with van der Waals surface area (Å²) in [5.41, 5.74) is 6.54. The number of aryl methyl sites for hydroxylation is 2. The van der Waals surface area contributed by atoms with Crippen LogP contribution in [0.3, 0.4) is 0 Å². The van der Waals surface area contributed by atoms with Crippen molar-refractivity contribution in [3.05, 3.63) is 76.3 Å². The zero-order valence-electron chi connectivity index (χ0n) is 15.9. The third-order valence-electron chi connectivity index (χ3n) is 4.45. The average molecular weight is 363 g/mol. The Balaban J connectivity index is 1.77. The topological polar surface area (TPSA) is 53.2 Å². The summed E-state index contributed by atoms with van der Waals surface area (Å²) in [6.45, 7) is 8.08. The van der Waals surface area contributed by atoms with Crippen molar-refractivity contribution in [2.75, 3.05) is 0 Å². The molecule has 0 fully saturated rings. The van der Waals surface area contributed by atoms with Gasteiger partial charge in [0.15, 0.2) is 0 Å². The van der Waals surface area contributed by atoms with Gasteiger partial charge in [-0.05, 0) is 69.7 Å². The molecular formula is C22H22FN3O. The first-order valence-corrected chi connectivity index (χ1v) is 9.03. The van der Waals surface area contributed by atoms with Crippen LogP contribution in [0.15, 0.2) is 52.9 Å². The Kier molecular flexibility index (Phi) is 4.22. The minimum Gasteiger partial charge on any atom is -0.489 e. The molecule has 138 valence electrons. The van der Waals surface area contributed by atoms with Gasteiger partial charge in [0.1, 0.15) is 17.3 Å². The quantitative estimate of drug-likeness (QED) is 0.640. The number of fused-ring (bicyclic) bond motifs is 1. The number of hydrogen-bond acceptors (Lipinski definition) is 2. The highest BCUT2D eigenvalue weighted by Crippen LogP contribution is 2.28. The summed E-state index contributed by atoms with van der Waals surface area (Å²) in [4.78, 5) is 11.4. The minimum absolute atomic E-state index is 0.0393. The standard InChI is InChI=1S/C22H22FN3O/c1-12(2)27-22-11-20(19-9-15-8-16(23)5-6-17(15)25-19)26-21(22)10-18-13(3)7-14(4)24-18/h5-12,24-25H,1-4H3/b21-10-. The molecule has 1 aliphatic rings. The van der Waals surface area contributed by atoms with Crippen LogP contribution >= 0.6 is 0 Å². The summed E-state index contributed by atoms with van der Waals surface area (Å²) in [5.74, 6) is 0.482. The van der Waals surface area contributed by atoms with Gasteiger partial charge in [0.2, 0.25) is 0 Å². The van der Waals surface area contributed by atoms with E-state index in [0.29, 0.717) is 0 Å². The Morgan fingerprint density at radius 1 is 1.11 bits per heavy atom. The molecule has 0 amide bonds. The monoisotopic (exact) mass is 363 g/mol. The molecule has 5 heteroatoms. The fraction of sp³-hybridized carbons (Fsp3) is 0.227. The van der Waals surface area contributed by atoms with Gasteiger partial charge in [-0.1, -0.05) is 0 Å². The van der Waals surface area contributed by atoms with Crippen LogP contribution in [0.4, 0.5) is 4.39 Å². The van der Waals surface area contributed by atoms with Crippen LogP contribution in [-0.4, -0.2) is 21.8 Å². The van der Waals surface area contributed by atoms with Crippen molar-refractivity contribution >= 4 is 22.7 Å². The van der Waals surface area contributed by atoms with E-state index in [9.17, 15) is 4.39 Å². The zero-order chi connectivity index (χ0) is 19.1. The molecule has 2 N–H and O–H groups in total. The van der Waals surface area contributed by atoms with Crippen molar-refractivity contribution < 1.29 is 9.13 Å². The molecule has 0 unspecified atom stereocenters. The maximum atomic E-state index is 13.5. The van der Waals surface area contributed by atoms with E-state index in [0.717, 1.165) is 50.7 Å². The van der Waals surface area contributed by atoms with Gasteiger partial charge >= 0.3 is 0 Å². The van der Waals surface area contributed by atoms with Gasteiger partial charge in [-0.2, -0.15) is 0 Å². The molecule has 0 saturated carbocycles. The zero-order valence-corrected chi connectivity index (χ0v) is 15.9. The molecule has 3 heterocycles. The van der Waals surface area contributed by atoms with Crippen molar-refractivity contribution in [3.8, 4) is 0 Å². The lowest BCUT2D eigenvalue weighted by Gasteiger charge is -2.11. The second kappa shape index (κ2) is 6.58. The molecule has 0 saturated heterocycles. The molecule has 0 spiro atoms. The lowest BCUT2D eigenvalue weighted by molar-refractivity contribution is 0.155. The summed E-state index contributed by atoms with van der Waals surface area (Å²) in [7, 11) is 0. The molecule has 1 aliphatic heterocycles. The van der Waals surface area contributed by atoms with Gasteiger partial charge in [0.05, 0.1) is 17.5 Å². The maximum Gasteiger partial charge on any atom is 0.147 e. The lowest BCUT2D eigenvalue weighted by Crippen LogP contribution is -2.02. The SMILES string of the molecule is Cc1cc(C)c(/C=C2\N=C(c3cc4cc(F)ccc4[nH]3)C=C2OC(C)C)[nH]1. The normalized spacial score (nSPS) is 15.7. The molecule has 2 aromatic heterocycles. The number of ether oxygens (including phenoxy) is 1. The fourth-order valence-corrected chi connectivity index (χ4v) is 3.28.